The number of alkyl halides is 3. The minimum atomic E-state index is -4.50. The van der Waals surface area contributed by atoms with E-state index in [2.05, 4.69) is 20.7 Å². The van der Waals surface area contributed by atoms with Gasteiger partial charge in [0.25, 0.3) is 0 Å². The Hall–Kier alpha value is -2.36. The number of amides is 1. The Morgan fingerprint density at radius 3 is 2.43 bits per heavy atom. The highest BCUT2D eigenvalue weighted by Gasteiger charge is 2.30. The van der Waals surface area contributed by atoms with Gasteiger partial charge in [-0.2, -0.15) is 18.0 Å². The van der Waals surface area contributed by atoms with Gasteiger partial charge in [-0.1, -0.05) is 46.9 Å². The molecule has 1 N–H and O–H groups in total. The highest BCUT2D eigenvalue weighted by molar-refractivity contribution is 6.42. The van der Waals surface area contributed by atoms with Crippen LogP contribution in [0.2, 0.25) is 15.1 Å². The third kappa shape index (κ3) is 4.73. The number of anilines is 1. The first kappa shape index (κ1) is 20.4. The first-order chi connectivity index (χ1) is 13.1. The predicted octanol–water partition coefficient (Wildman–Crippen LogP) is 4.96. The molecular formula is C16H9Cl3F3N5O. The molecule has 146 valence electrons. The summed E-state index contributed by atoms with van der Waals surface area (Å²) in [6.45, 7) is -0.360. The second-order valence-corrected chi connectivity index (χ2v) is 6.77. The molecule has 0 spiro atoms. The first-order valence-electron chi connectivity index (χ1n) is 7.53. The van der Waals surface area contributed by atoms with E-state index in [9.17, 15) is 18.0 Å². The van der Waals surface area contributed by atoms with E-state index in [1.165, 1.54) is 24.3 Å². The van der Waals surface area contributed by atoms with E-state index in [1.54, 1.807) is 0 Å². The molecule has 6 nitrogen and oxygen atoms in total. The smallest absolute Gasteiger partial charge is 0.322 e. The van der Waals surface area contributed by atoms with E-state index < -0.39 is 17.6 Å². The molecule has 28 heavy (non-hydrogen) atoms. The normalized spacial score (nSPS) is 11.5. The van der Waals surface area contributed by atoms with Crippen molar-refractivity contribution in [3.8, 4) is 11.4 Å². The molecule has 2 aromatic carbocycles. The van der Waals surface area contributed by atoms with Crippen LogP contribution in [0, 0.1) is 0 Å². The summed E-state index contributed by atoms with van der Waals surface area (Å²) in [5.74, 6) is -0.624. The Morgan fingerprint density at radius 2 is 1.79 bits per heavy atom. The molecule has 0 saturated heterocycles. The van der Waals surface area contributed by atoms with Crippen molar-refractivity contribution in [3.63, 3.8) is 0 Å². The van der Waals surface area contributed by atoms with Crippen molar-refractivity contribution < 1.29 is 18.0 Å². The van der Waals surface area contributed by atoms with Gasteiger partial charge in [0, 0.05) is 10.6 Å². The minimum absolute atomic E-state index is 0.0542. The number of nitrogens with one attached hydrogen (secondary N) is 1. The molecule has 1 aromatic heterocycles. The Bertz CT molecular complexity index is 1020. The van der Waals surface area contributed by atoms with Crippen molar-refractivity contribution in [1.29, 1.82) is 0 Å². The van der Waals surface area contributed by atoms with Gasteiger partial charge in [-0.05, 0) is 29.5 Å². The van der Waals surface area contributed by atoms with Gasteiger partial charge in [0.1, 0.15) is 6.54 Å². The van der Waals surface area contributed by atoms with Gasteiger partial charge < -0.3 is 5.32 Å². The zero-order valence-corrected chi connectivity index (χ0v) is 15.9. The number of carbonyl (C=O) groups excluding carboxylic acids is 1. The van der Waals surface area contributed by atoms with E-state index in [4.69, 9.17) is 34.8 Å². The molecule has 0 aliphatic rings. The van der Waals surface area contributed by atoms with E-state index >= 15 is 0 Å². The number of tetrazole rings is 1. The molecule has 3 aromatic rings. The third-order valence-corrected chi connectivity index (χ3v) is 4.27. The molecule has 3 rings (SSSR count). The molecule has 0 fully saturated rings. The van der Waals surface area contributed by atoms with Crippen LogP contribution in [-0.2, 0) is 17.5 Å². The monoisotopic (exact) mass is 449 g/mol. The molecule has 1 heterocycles. The van der Waals surface area contributed by atoms with Crippen LogP contribution in [0.15, 0.2) is 36.4 Å². The average Bonchev–Trinajstić information content (AvgIpc) is 3.06. The number of aromatic nitrogens is 4. The zero-order chi connectivity index (χ0) is 20.5. The van der Waals surface area contributed by atoms with Crippen LogP contribution < -0.4 is 5.32 Å². The summed E-state index contributed by atoms with van der Waals surface area (Å²) in [5, 5.41) is 14.4. The molecular weight excluding hydrogens is 442 g/mol. The van der Waals surface area contributed by atoms with Crippen LogP contribution in [0.25, 0.3) is 11.4 Å². The number of nitrogens with zero attached hydrogens (tertiary/aromatic N) is 4. The predicted molar refractivity (Wildman–Crippen MR) is 98.4 cm³/mol. The van der Waals surface area contributed by atoms with E-state index in [-0.39, 0.29) is 33.7 Å². The Balaban J connectivity index is 1.74. The summed E-state index contributed by atoms with van der Waals surface area (Å²) in [7, 11) is 0. The maximum atomic E-state index is 12.8. The maximum absolute atomic E-state index is 12.8. The number of rotatable bonds is 4. The molecule has 0 aliphatic heterocycles. The number of hydrogen-bond donors (Lipinski definition) is 1. The lowest BCUT2D eigenvalue weighted by Gasteiger charge is -2.09. The quantitative estimate of drug-likeness (QED) is 0.610. The standard InChI is InChI=1S/C16H9Cl3F3N5O/c17-10-5-11(18)14(12(19)6-10)23-13(28)7-27-25-15(24-26-27)8-2-1-3-9(4-8)16(20,21)22/h1-6H,7H2,(H,23,28). The van der Waals surface area contributed by atoms with E-state index in [1.807, 2.05) is 0 Å². The highest BCUT2D eigenvalue weighted by Crippen LogP contribution is 2.34. The lowest BCUT2D eigenvalue weighted by atomic mass is 10.1. The van der Waals surface area contributed by atoms with Crippen LogP contribution in [0.5, 0.6) is 0 Å². The van der Waals surface area contributed by atoms with Gasteiger partial charge >= 0.3 is 6.18 Å². The molecule has 0 radical (unpaired) electrons. The van der Waals surface area contributed by atoms with Crippen LogP contribution >= 0.6 is 34.8 Å². The van der Waals surface area contributed by atoms with Crippen molar-refractivity contribution in [1.82, 2.24) is 20.2 Å². The van der Waals surface area contributed by atoms with Crippen LogP contribution in [0.4, 0.5) is 18.9 Å². The summed E-state index contributed by atoms with van der Waals surface area (Å²) in [6.07, 6.45) is -4.50. The van der Waals surface area contributed by atoms with Crippen LogP contribution in [0.3, 0.4) is 0 Å². The van der Waals surface area contributed by atoms with Crippen molar-refractivity contribution in [2.75, 3.05) is 5.32 Å². The second kappa shape index (κ2) is 7.94. The van der Waals surface area contributed by atoms with Gasteiger partial charge in [0.15, 0.2) is 0 Å². The number of benzene rings is 2. The topological polar surface area (TPSA) is 72.7 Å². The summed E-state index contributed by atoms with van der Waals surface area (Å²) in [6, 6.07) is 7.28. The number of halogens is 6. The van der Waals surface area contributed by atoms with E-state index in [0.717, 1.165) is 16.9 Å². The van der Waals surface area contributed by atoms with Crippen LogP contribution in [0.1, 0.15) is 5.56 Å². The van der Waals surface area contributed by atoms with Crippen molar-refractivity contribution in [2.45, 2.75) is 12.7 Å². The highest BCUT2D eigenvalue weighted by atomic mass is 35.5. The fourth-order valence-corrected chi connectivity index (χ4v) is 3.14. The molecule has 12 heteroatoms. The average molecular weight is 451 g/mol. The van der Waals surface area contributed by atoms with Crippen molar-refractivity contribution in [3.05, 3.63) is 57.0 Å². The fourth-order valence-electron chi connectivity index (χ4n) is 2.23. The number of hydrogen-bond acceptors (Lipinski definition) is 4. The van der Waals surface area contributed by atoms with Gasteiger partial charge in [-0.25, -0.2) is 0 Å². The van der Waals surface area contributed by atoms with Crippen LogP contribution in [-0.4, -0.2) is 26.1 Å². The van der Waals surface area contributed by atoms with Gasteiger partial charge in [-0.15, -0.1) is 10.2 Å². The SMILES string of the molecule is O=C(Cn1nnc(-c2cccc(C(F)(F)F)c2)n1)Nc1c(Cl)cc(Cl)cc1Cl. The minimum Gasteiger partial charge on any atom is -0.322 e. The molecule has 0 atom stereocenters. The number of carbonyl (C=O) groups is 1. The van der Waals surface area contributed by atoms with E-state index in [0.29, 0.717) is 5.02 Å². The fraction of sp³-hybridized carbons (Fsp3) is 0.125. The summed E-state index contributed by atoms with van der Waals surface area (Å²) >= 11 is 17.8. The molecule has 0 saturated carbocycles. The summed E-state index contributed by atoms with van der Waals surface area (Å²) in [5.41, 5.74) is -0.563. The largest absolute Gasteiger partial charge is 0.416 e. The lowest BCUT2D eigenvalue weighted by molar-refractivity contribution is -0.137. The Labute approximate surface area is 171 Å². The Kier molecular flexibility index (Phi) is 5.78. The zero-order valence-electron chi connectivity index (χ0n) is 13.6. The summed E-state index contributed by atoms with van der Waals surface area (Å²) < 4.78 is 38.4. The van der Waals surface area contributed by atoms with Gasteiger partial charge in [0.2, 0.25) is 11.7 Å². The first-order valence-corrected chi connectivity index (χ1v) is 8.66. The van der Waals surface area contributed by atoms with Crippen molar-refractivity contribution >= 4 is 46.4 Å². The Morgan fingerprint density at radius 1 is 1.11 bits per heavy atom. The summed E-state index contributed by atoms with van der Waals surface area (Å²) in [4.78, 5) is 13.1. The maximum Gasteiger partial charge on any atom is 0.416 e. The van der Waals surface area contributed by atoms with Crippen molar-refractivity contribution in [2.24, 2.45) is 0 Å². The molecule has 0 bridgehead atoms. The molecule has 0 unspecified atom stereocenters. The molecule has 1 amide bonds. The van der Waals surface area contributed by atoms with Gasteiger partial charge in [0.05, 0.1) is 21.3 Å². The second-order valence-electron chi connectivity index (χ2n) is 5.51. The third-order valence-electron chi connectivity index (χ3n) is 3.46. The molecule has 0 aliphatic carbocycles. The lowest BCUT2D eigenvalue weighted by Crippen LogP contribution is -2.20. The van der Waals surface area contributed by atoms with Gasteiger partial charge in [-0.3, -0.25) is 4.79 Å².